The van der Waals surface area contributed by atoms with Gasteiger partial charge in [-0.2, -0.15) is 0 Å². The van der Waals surface area contributed by atoms with Crippen molar-refractivity contribution in [1.29, 1.82) is 0 Å². The number of hydrogen-bond donors (Lipinski definition) is 1. The molecule has 1 aromatic heterocycles. The number of aromatic nitrogens is 1. The van der Waals surface area contributed by atoms with Crippen LogP contribution in [0.1, 0.15) is 19.4 Å². The highest BCUT2D eigenvalue weighted by atomic mass is 35.5. The summed E-state index contributed by atoms with van der Waals surface area (Å²) in [7, 11) is 4.09. The van der Waals surface area contributed by atoms with Gasteiger partial charge in [-0.15, -0.1) is 0 Å². The largest absolute Gasteiger partial charge is 0.352 e. The van der Waals surface area contributed by atoms with Crippen LogP contribution in [0, 0.1) is 0 Å². The number of anilines is 1. The van der Waals surface area contributed by atoms with Gasteiger partial charge in [0.05, 0.1) is 5.02 Å². The third-order valence-electron chi connectivity index (χ3n) is 3.88. The minimum absolute atomic E-state index is 0.146. The van der Waals surface area contributed by atoms with E-state index in [2.05, 4.69) is 41.0 Å². The summed E-state index contributed by atoms with van der Waals surface area (Å²) in [6.45, 7) is 8.25. The van der Waals surface area contributed by atoms with E-state index in [1.807, 2.05) is 19.3 Å². The Kier molecular flexibility index (Phi) is 4.33. The lowest BCUT2D eigenvalue weighted by atomic mass is 10.00. The Balaban J connectivity index is 2.18. The van der Waals surface area contributed by atoms with Crippen molar-refractivity contribution >= 4 is 17.4 Å². The molecule has 1 aliphatic rings. The van der Waals surface area contributed by atoms with Crippen molar-refractivity contribution in [1.82, 2.24) is 15.2 Å². The van der Waals surface area contributed by atoms with E-state index in [0.29, 0.717) is 0 Å². The Morgan fingerprint density at radius 2 is 2.16 bits per heavy atom. The van der Waals surface area contributed by atoms with Gasteiger partial charge in [0.1, 0.15) is 5.82 Å². The van der Waals surface area contributed by atoms with Crippen LogP contribution in [0.25, 0.3) is 0 Å². The number of nitrogens with zero attached hydrogens (tertiary/aromatic N) is 3. The number of likely N-dealkylation sites (N-methyl/N-ethyl adjacent to an activating group) is 1. The second-order valence-corrected chi connectivity index (χ2v) is 6.24. The van der Waals surface area contributed by atoms with E-state index in [0.717, 1.165) is 42.6 Å². The van der Waals surface area contributed by atoms with E-state index >= 15 is 0 Å². The first-order chi connectivity index (χ1) is 8.94. The highest BCUT2D eigenvalue weighted by Crippen LogP contribution is 2.28. The molecule has 5 heteroatoms. The maximum absolute atomic E-state index is 6.38. The van der Waals surface area contributed by atoms with Gasteiger partial charge in [-0.3, -0.25) is 4.90 Å². The molecule has 1 aliphatic heterocycles. The minimum Gasteiger partial charge on any atom is -0.352 e. The molecule has 0 aromatic carbocycles. The smallest absolute Gasteiger partial charge is 0.147 e. The second kappa shape index (κ2) is 5.65. The molecule has 2 heterocycles. The maximum Gasteiger partial charge on any atom is 0.147 e. The Morgan fingerprint density at radius 1 is 1.42 bits per heavy atom. The van der Waals surface area contributed by atoms with Crippen molar-refractivity contribution in [3.8, 4) is 0 Å². The second-order valence-electron chi connectivity index (χ2n) is 5.83. The van der Waals surface area contributed by atoms with Crippen molar-refractivity contribution in [3.05, 3.63) is 22.8 Å². The molecule has 0 spiro atoms. The van der Waals surface area contributed by atoms with Gasteiger partial charge in [0.2, 0.25) is 0 Å². The molecule has 0 saturated carbocycles. The molecule has 0 amide bonds. The van der Waals surface area contributed by atoms with Crippen molar-refractivity contribution in [2.75, 3.05) is 38.6 Å². The van der Waals surface area contributed by atoms with E-state index in [-0.39, 0.29) is 5.54 Å². The molecule has 1 saturated heterocycles. The molecule has 0 radical (unpaired) electrons. The first-order valence-corrected chi connectivity index (χ1v) is 7.07. The average Bonchev–Trinajstić information content (AvgIpc) is 2.33. The summed E-state index contributed by atoms with van der Waals surface area (Å²) in [5.74, 6) is 0.905. The summed E-state index contributed by atoms with van der Waals surface area (Å²) >= 11 is 6.38. The van der Waals surface area contributed by atoms with Crippen molar-refractivity contribution in [3.63, 3.8) is 0 Å². The van der Waals surface area contributed by atoms with Crippen LogP contribution in [0.4, 0.5) is 5.82 Å². The molecule has 1 fully saturated rings. The third-order valence-corrected chi connectivity index (χ3v) is 4.15. The topological polar surface area (TPSA) is 31.4 Å². The molecule has 1 N–H and O–H groups in total. The van der Waals surface area contributed by atoms with Gasteiger partial charge >= 0.3 is 0 Å². The van der Waals surface area contributed by atoms with Crippen molar-refractivity contribution in [2.24, 2.45) is 0 Å². The molecule has 0 bridgehead atoms. The molecule has 4 nitrogen and oxygen atoms in total. The van der Waals surface area contributed by atoms with Crippen LogP contribution in [0.5, 0.6) is 0 Å². The molecule has 0 unspecified atom stereocenters. The Hall–Kier alpha value is -0.840. The van der Waals surface area contributed by atoms with E-state index in [4.69, 9.17) is 11.6 Å². The summed E-state index contributed by atoms with van der Waals surface area (Å²) in [6.07, 6.45) is 1.91. The van der Waals surface area contributed by atoms with Crippen LogP contribution < -0.4 is 10.2 Å². The highest BCUT2D eigenvalue weighted by molar-refractivity contribution is 6.33. The van der Waals surface area contributed by atoms with Crippen LogP contribution in [0.2, 0.25) is 5.02 Å². The lowest BCUT2D eigenvalue weighted by Crippen LogP contribution is -2.58. The quantitative estimate of drug-likeness (QED) is 0.919. The number of hydrogen-bond acceptors (Lipinski definition) is 4. The first kappa shape index (κ1) is 14.6. The fraction of sp³-hybridized carbons (Fsp3) is 0.643. The molecule has 19 heavy (non-hydrogen) atoms. The summed E-state index contributed by atoms with van der Waals surface area (Å²) < 4.78 is 0. The predicted octanol–water partition coefficient (Wildman–Crippen LogP) is 1.98. The molecular formula is C14H23ClN4. The normalized spacial score (nSPS) is 19.7. The average molecular weight is 283 g/mol. The Labute approximate surface area is 120 Å². The highest BCUT2D eigenvalue weighted by Gasteiger charge is 2.32. The Bertz CT molecular complexity index is 447. The van der Waals surface area contributed by atoms with Crippen molar-refractivity contribution < 1.29 is 0 Å². The van der Waals surface area contributed by atoms with E-state index in [1.165, 1.54) is 0 Å². The fourth-order valence-electron chi connectivity index (χ4n) is 2.42. The Morgan fingerprint density at radius 3 is 2.74 bits per heavy atom. The van der Waals surface area contributed by atoms with Gasteiger partial charge in [-0.05, 0) is 39.6 Å². The van der Waals surface area contributed by atoms with Crippen LogP contribution >= 0.6 is 11.6 Å². The van der Waals surface area contributed by atoms with Crippen LogP contribution in [-0.2, 0) is 6.54 Å². The zero-order valence-corrected chi connectivity index (χ0v) is 13.0. The molecule has 0 aliphatic carbocycles. The summed E-state index contributed by atoms with van der Waals surface area (Å²) in [6, 6.07) is 2.01. The number of piperazine rings is 1. The lowest BCUT2D eigenvalue weighted by Gasteiger charge is -2.45. The number of nitrogens with one attached hydrogen (secondary N) is 1. The molecular weight excluding hydrogens is 260 g/mol. The lowest BCUT2D eigenvalue weighted by molar-refractivity contribution is 0.138. The number of pyridine rings is 1. The summed E-state index contributed by atoms with van der Waals surface area (Å²) in [5.41, 5.74) is 1.26. The van der Waals surface area contributed by atoms with Gasteiger partial charge < -0.3 is 10.2 Å². The third kappa shape index (κ3) is 3.19. The van der Waals surface area contributed by atoms with Gasteiger partial charge in [0.25, 0.3) is 0 Å². The standard InChI is InChI=1S/C14H23ClN4/c1-14(2)10-19(6-5-18(14)4)13-12(15)7-11(8-16-3)9-17-13/h7,9,16H,5-6,8,10H2,1-4H3. The first-order valence-electron chi connectivity index (χ1n) is 6.69. The summed E-state index contributed by atoms with van der Waals surface area (Å²) in [5, 5.41) is 3.85. The molecule has 106 valence electrons. The maximum atomic E-state index is 6.38. The fourth-order valence-corrected chi connectivity index (χ4v) is 2.73. The van der Waals surface area contributed by atoms with Gasteiger partial charge in [-0.25, -0.2) is 4.98 Å². The van der Waals surface area contributed by atoms with E-state index in [1.54, 1.807) is 0 Å². The number of rotatable bonds is 3. The van der Waals surface area contributed by atoms with Crippen LogP contribution in [-0.4, -0.2) is 49.2 Å². The van der Waals surface area contributed by atoms with Crippen LogP contribution in [0.15, 0.2) is 12.3 Å². The number of halogens is 1. The van der Waals surface area contributed by atoms with Crippen LogP contribution in [0.3, 0.4) is 0 Å². The molecule has 0 atom stereocenters. The molecule has 1 aromatic rings. The van der Waals surface area contributed by atoms with E-state index < -0.39 is 0 Å². The van der Waals surface area contributed by atoms with Gasteiger partial charge in [0.15, 0.2) is 0 Å². The monoisotopic (exact) mass is 282 g/mol. The minimum atomic E-state index is 0.146. The summed E-state index contributed by atoms with van der Waals surface area (Å²) in [4.78, 5) is 9.21. The van der Waals surface area contributed by atoms with Gasteiger partial charge in [0, 0.05) is 37.9 Å². The predicted molar refractivity (Wildman–Crippen MR) is 80.9 cm³/mol. The van der Waals surface area contributed by atoms with Gasteiger partial charge in [-0.1, -0.05) is 11.6 Å². The van der Waals surface area contributed by atoms with Crippen molar-refractivity contribution in [2.45, 2.75) is 25.9 Å². The van der Waals surface area contributed by atoms with E-state index in [9.17, 15) is 0 Å². The molecule has 2 rings (SSSR count). The zero-order valence-electron chi connectivity index (χ0n) is 12.2. The SMILES string of the molecule is CNCc1cnc(N2CCN(C)C(C)(C)C2)c(Cl)c1. The zero-order chi connectivity index (χ0) is 14.0.